The third-order valence-electron chi connectivity index (χ3n) is 4.50. The zero-order valence-corrected chi connectivity index (χ0v) is 19.1. The lowest BCUT2D eigenvalue weighted by Crippen LogP contribution is -2.19. The molecule has 1 N–H and O–H groups in total. The highest BCUT2D eigenvalue weighted by molar-refractivity contribution is 7.89. The highest BCUT2D eigenvalue weighted by atomic mass is 32.2. The number of ether oxygens (including phenoxy) is 3. The van der Waals surface area contributed by atoms with E-state index in [1.165, 1.54) is 19.4 Å². The number of hydrazone groups is 1. The lowest BCUT2D eigenvalue weighted by Gasteiger charge is -2.13. The molecule has 3 aromatic carbocycles. The SMILES string of the molecule is CCOc1cc(/C=N/NS(=O)(=O)c2cc(C)ccc2OC)ccc1OCc1ccccc1. The molecule has 7 nitrogen and oxygen atoms in total. The fourth-order valence-electron chi connectivity index (χ4n) is 2.94. The van der Waals surface area contributed by atoms with Gasteiger partial charge in [-0.2, -0.15) is 18.4 Å². The van der Waals surface area contributed by atoms with Crippen molar-refractivity contribution in [1.29, 1.82) is 0 Å². The molecule has 0 amide bonds. The molecule has 0 unspecified atom stereocenters. The molecule has 0 aliphatic rings. The molecular formula is C24H26N2O5S. The molecule has 0 radical (unpaired) electrons. The second-order valence-corrected chi connectivity index (χ2v) is 8.55. The van der Waals surface area contributed by atoms with Crippen molar-refractivity contribution in [3.8, 4) is 17.2 Å². The third-order valence-corrected chi connectivity index (χ3v) is 5.74. The normalized spacial score (nSPS) is 11.3. The van der Waals surface area contributed by atoms with Crippen LogP contribution in [0.2, 0.25) is 0 Å². The van der Waals surface area contributed by atoms with Gasteiger partial charge in [0.05, 0.1) is 19.9 Å². The van der Waals surface area contributed by atoms with E-state index in [-0.39, 0.29) is 10.6 Å². The molecule has 0 fully saturated rings. The average molecular weight is 455 g/mol. The van der Waals surface area contributed by atoms with Gasteiger partial charge < -0.3 is 14.2 Å². The maximum absolute atomic E-state index is 12.6. The standard InChI is InChI=1S/C24H26N2O5S/c1-4-30-23-15-20(11-13-21(23)31-17-19-8-6-5-7-9-19)16-25-26-32(27,28)24-14-18(2)10-12-22(24)29-3/h5-16,26H,4,17H2,1-3H3/b25-16+. The Kier molecular flexibility index (Phi) is 7.72. The van der Waals surface area contributed by atoms with Crippen LogP contribution >= 0.6 is 0 Å². The number of aryl methyl sites for hydroxylation is 1. The molecule has 0 heterocycles. The number of hydrogen-bond acceptors (Lipinski definition) is 6. The van der Waals surface area contributed by atoms with Gasteiger partial charge in [0.15, 0.2) is 11.5 Å². The largest absolute Gasteiger partial charge is 0.495 e. The number of methoxy groups -OCH3 is 1. The Balaban J connectivity index is 1.74. The van der Waals surface area contributed by atoms with Crippen LogP contribution in [0.3, 0.4) is 0 Å². The summed E-state index contributed by atoms with van der Waals surface area (Å²) in [5, 5.41) is 3.90. The van der Waals surface area contributed by atoms with E-state index in [2.05, 4.69) is 9.93 Å². The monoisotopic (exact) mass is 454 g/mol. The first kappa shape index (κ1) is 23.1. The second kappa shape index (κ2) is 10.7. The van der Waals surface area contributed by atoms with E-state index in [0.29, 0.717) is 30.3 Å². The van der Waals surface area contributed by atoms with E-state index in [1.807, 2.05) is 37.3 Å². The minimum absolute atomic E-state index is 0.0248. The third kappa shape index (κ3) is 6.01. The van der Waals surface area contributed by atoms with Crippen LogP contribution in [0.5, 0.6) is 17.2 Å². The van der Waals surface area contributed by atoms with Crippen LogP contribution in [-0.4, -0.2) is 28.3 Å². The predicted molar refractivity (Wildman–Crippen MR) is 124 cm³/mol. The topological polar surface area (TPSA) is 86.2 Å². The van der Waals surface area contributed by atoms with E-state index in [0.717, 1.165) is 11.1 Å². The van der Waals surface area contributed by atoms with Gasteiger partial charge in [0.2, 0.25) is 0 Å². The van der Waals surface area contributed by atoms with E-state index < -0.39 is 10.0 Å². The van der Waals surface area contributed by atoms with Gasteiger partial charge in [0.25, 0.3) is 10.0 Å². The van der Waals surface area contributed by atoms with Gasteiger partial charge >= 0.3 is 0 Å². The summed E-state index contributed by atoms with van der Waals surface area (Å²) in [6.45, 7) is 4.55. The van der Waals surface area contributed by atoms with Gasteiger partial charge in [-0.05, 0) is 60.9 Å². The van der Waals surface area contributed by atoms with Crippen molar-refractivity contribution in [2.45, 2.75) is 25.3 Å². The number of nitrogens with zero attached hydrogens (tertiary/aromatic N) is 1. The van der Waals surface area contributed by atoms with Crippen LogP contribution in [0.4, 0.5) is 0 Å². The molecule has 0 bridgehead atoms. The first-order valence-corrected chi connectivity index (χ1v) is 11.5. The highest BCUT2D eigenvalue weighted by Gasteiger charge is 2.19. The summed E-state index contributed by atoms with van der Waals surface area (Å²) in [4.78, 5) is 2.25. The Bertz CT molecular complexity index is 1180. The Labute approximate surface area is 188 Å². The zero-order valence-electron chi connectivity index (χ0n) is 18.2. The quantitative estimate of drug-likeness (QED) is 0.365. The molecule has 8 heteroatoms. The molecule has 0 saturated heterocycles. The van der Waals surface area contributed by atoms with E-state index in [9.17, 15) is 8.42 Å². The zero-order chi connectivity index (χ0) is 23.0. The number of hydrogen-bond donors (Lipinski definition) is 1. The summed E-state index contributed by atoms with van der Waals surface area (Å²) in [6, 6.07) is 20.0. The van der Waals surface area contributed by atoms with Crippen LogP contribution < -0.4 is 19.0 Å². The van der Waals surface area contributed by atoms with Crippen LogP contribution in [0.15, 0.2) is 76.7 Å². The van der Waals surface area contributed by atoms with Gasteiger partial charge in [-0.1, -0.05) is 36.4 Å². The van der Waals surface area contributed by atoms with Crippen molar-refractivity contribution in [3.63, 3.8) is 0 Å². The van der Waals surface area contributed by atoms with E-state index in [4.69, 9.17) is 14.2 Å². The Morgan fingerprint density at radius 2 is 1.69 bits per heavy atom. The van der Waals surface area contributed by atoms with Gasteiger partial charge in [-0.3, -0.25) is 0 Å². The molecule has 0 aliphatic heterocycles. The summed E-state index contributed by atoms with van der Waals surface area (Å²) in [5.74, 6) is 1.39. The van der Waals surface area contributed by atoms with Gasteiger partial charge in [0.1, 0.15) is 17.3 Å². The number of nitrogens with one attached hydrogen (secondary N) is 1. The summed E-state index contributed by atoms with van der Waals surface area (Å²) < 4.78 is 42.0. The minimum Gasteiger partial charge on any atom is -0.495 e. The Hall–Kier alpha value is -3.52. The van der Waals surface area contributed by atoms with Crippen LogP contribution in [0.25, 0.3) is 0 Å². The first-order chi connectivity index (χ1) is 15.4. The minimum atomic E-state index is -3.89. The molecule has 0 aliphatic carbocycles. The van der Waals surface area contributed by atoms with Crippen molar-refractivity contribution < 1.29 is 22.6 Å². The molecule has 0 aromatic heterocycles. The highest BCUT2D eigenvalue weighted by Crippen LogP contribution is 2.29. The summed E-state index contributed by atoms with van der Waals surface area (Å²) >= 11 is 0. The van der Waals surface area contributed by atoms with Crippen molar-refractivity contribution in [1.82, 2.24) is 4.83 Å². The van der Waals surface area contributed by atoms with E-state index in [1.54, 1.807) is 37.3 Å². The second-order valence-electron chi connectivity index (χ2n) is 6.92. The molecule has 0 atom stereocenters. The van der Waals surface area contributed by atoms with E-state index >= 15 is 0 Å². The fourth-order valence-corrected chi connectivity index (χ4v) is 3.99. The van der Waals surface area contributed by atoms with Crippen LogP contribution in [-0.2, 0) is 16.6 Å². The summed E-state index contributed by atoms with van der Waals surface area (Å²) in [7, 11) is -2.47. The predicted octanol–water partition coefficient (Wildman–Crippen LogP) is 4.29. The number of sulfonamides is 1. The molecule has 3 rings (SSSR count). The first-order valence-electron chi connectivity index (χ1n) is 10.1. The maximum atomic E-state index is 12.6. The average Bonchev–Trinajstić information content (AvgIpc) is 2.79. The lowest BCUT2D eigenvalue weighted by atomic mass is 10.2. The molecule has 0 spiro atoms. The van der Waals surface area contributed by atoms with Crippen molar-refractivity contribution in [3.05, 3.63) is 83.4 Å². The van der Waals surface area contributed by atoms with Gasteiger partial charge in [-0.25, -0.2) is 0 Å². The van der Waals surface area contributed by atoms with Crippen LogP contribution in [0.1, 0.15) is 23.6 Å². The molecule has 168 valence electrons. The molecular weight excluding hydrogens is 428 g/mol. The summed E-state index contributed by atoms with van der Waals surface area (Å²) in [5.41, 5.74) is 2.49. The lowest BCUT2D eigenvalue weighted by molar-refractivity contribution is 0.269. The van der Waals surface area contributed by atoms with Crippen molar-refractivity contribution in [2.75, 3.05) is 13.7 Å². The Morgan fingerprint density at radius 3 is 2.41 bits per heavy atom. The fraction of sp³-hybridized carbons (Fsp3) is 0.208. The van der Waals surface area contributed by atoms with Crippen molar-refractivity contribution in [2.24, 2.45) is 5.10 Å². The molecule has 32 heavy (non-hydrogen) atoms. The van der Waals surface area contributed by atoms with Gasteiger partial charge in [0, 0.05) is 0 Å². The summed E-state index contributed by atoms with van der Waals surface area (Å²) in [6.07, 6.45) is 1.41. The smallest absolute Gasteiger partial charge is 0.280 e. The Morgan fingerprint density at radius 1 is 0.938 bits per heavy atom. The number of benzene rings is 3. The maximum Gasteiger partial charge on any atom is 0.280 e. The molecule has 0 saturated carbocycles. The number of rotatable bonds is 10. The molecule has 3 aromatic rings. The van der Waals surface area contributed by atoms with Crippen molar-refractivity contribution >= 4 is 16.2 Å². The van der Waals surface area contributed by atoms with Crippen LogP contribution in [0, 0.1) is 6.92 Å². The van der Waals surface area contributed by atoms with Gasteiger partial charge in [-0.15, -0.1) is 0 Å².